The topological polar surface area (TPSA) is 20.2 Å². The number of hydrogen-bond donors (Lipinski definition) is 1. The van der Waals surface area contributed by atoms with Crippen molar-refractivity contribution in [2.45, 2.75) is 18.9 Å². The lowest BCUT2D eigenvalue weighted by molar-refractivity contribution is 0.184. The molecule has 0 saturated heterocycles. The van der Waals surface area contributed by atoms with Gasteiger partial charge in [-0.3, -0.25) is 0 Å². The molecule has 0 heterocycles. The number of aliphatic hydroxyl groups excluding tert-OH is 1. The van der Waals surface area contributed by atoms with Crippen LogP contribution in [-0.4, -0.2) is 5.11 Å². The minimum atomic E-state index is -0.413. The second-order valence-electron chi connectivity index (χ2n) is 4.72. The minimum Gasteiger partial charge on any atom is -0.388 e. The lowest BCUT2D eigenvalue weighted by Gasteiger charge is -2.12. The average Bonchev–Trinajstić information content (AvgIpc) is 2.83. The van der Waals surface area contributed by atoms with Crippen LogP contribution in [0.4, 0.5) is 0 Å². The number of benzene rings is 2. The lowest BCUT2D eigenvalue weighted by Crippen LogP contribution is -1.98. The predicted molar refractivity (Wildman–Crippen MR) is 74.1 cm³/mol. The van der Waals surface area contributed by atoms with Crippen molar-refractivity contribution in [1.29, 1.82) is 0 Å². The molecule has 1 aliphatic carbocycles. The summed E-state index contributed by atoms with van der Waals surface area (Å²) in [5.74, 6) is 0. The molecule has 0 aromatic heterocycles. The Balaban J connectivity index is 1.79. The first-order valence-corrected chi connectivity index (χ1v) is 6.35. The van der Waals surface area contributed by atoms with E-state index in [0.717, 1.165) is 12.0 Å². The fraction of sp³-hybridized carbons (Fsp3) is 0.176. The van der Waals surface area contributed by atoms with Crippen molar-refractivity contribution >= 4 is 5.57 Å². The molecule has 1 N–H and O–H groups in total. The van der Waals surface area contributed by atoms with Gasteiger partial charge in [-0.25, -0.2) is 0 Å². The summed E-state index contributed by atoms with van der Waals surface area (Å²) in [6, 6.07) is 18.3. The summed E-state index contributed by atoms with van der Waals surface area (Å²) < 4.78 is 0. The third-order valence-corrected chi connectivity index (χ3v) is 3.53. The van der Waals surface area contributed by atoms with Crippen LogP contribution in [0.5, 0.6) is 0 Å². The van der Waals surface area contributed by atoms with Gasteiger partial charge in [0, 0.05) is 6.42 Å². The smallest absolute Gasteiger partial charge is 0.0830 e. The predicted octanol–water partition coefficient (Wildman–Crippen LogP) is 3.75. The maximum absolute atomic E-state index is 10.3. The van der Waals surface area contributed by atoms with E-state index in [2.05, 4.69) is 30.3 Å². The van der Waals surface area contributed by atoms with Gasteiger partial charge in [-0.05, 0) is 28.7 Å². The quantitative estimate of drug-likeness (QED) is 0.860. The minimum absolute atomic E-state index is 0.413. The van der Waals surface area contributed by atoms with E-state index in [1.807, 2.05) is 30.3 Å². The van der Waals surface area contributed by atoms with E-state index in [0.29, 0.717) is 6.42 Å². The van der Waals surface area contributed by atoms with Gasteiger partial charge in [0.1, 0.15) is 0 Å². The molecule has 90 valence electrons. The summed E-state index contributed by atoms with van der Waals surface area (Å²) in [5.41, 5.74) is 4.92. The number of hydrogen-bond acceptors (Lipinski definition) is 1. The molecule has 1 unspecified atom stereocenters. The summed E-state index contributed by atoms with van der Waals surface area (Å²) >= 11 is 0. The fourth-order valence-electron chi connectivity index (χ4n) is 2.55. The van der Waals surface area contributed by atoms with Crippen molar-refractivity contribution in [1.82, 2.24) is 0 Å². The number of allylic oxidation sites excluding steroid dienone is 1. The van der Waals surface area contributed by atoms with Crippen molar-refractivity contribution in [3.63, 3.8) is 0 Å². The number of fused-ring (bicyclic) bond motifs is 1. The van der Waals surface area contributed by atoms with E-state index in [9.17, 15) is 5.11 Å². The second kappa shape index (κ2) is 4.79. The van der Waals surface area contributed by atoms with Crippen LogP contribution in [0.3, 0.4) is 0 Å². The van der Waals surface area contributed by atoms with Crippen molar-refractivity contribution in [3.8, 4) is 0 Å². The standard InChI is InChI=1S/C17H16O/c18-17(14-7-2-1-3-8-14)12-15-11-10-13-6-4-5-9-16(13)15/h1-9,11,17-18H,10,12H2. The molecule has 1 heteroatoms. The van der Waals surface area contributed by atoms with Gasteiger partial charge in [-0.2, -0.15) is 0 Å². The third kappa shape index (κ3) is 2.09. The van der Waals surface area contributed by atoms with Gasteiger partial charge >= 0.3 is 0 Å². The molecule has 0 fully saturated rings. The van der Waals surface area contributed by atoms with Crippen LogP contribution < -0.4 is 0 Å². The SMILES string of the molecule is OC(CC1=CCc2ccccc21)c1ccccc1. The van der Waals surface area contributed by atoms with Gasteiger partial charge in [0.05, 0.1) is 6.10 Å². The summed E-state index contributed by atoms with van der Waals surface area (Å²) in [7, 11) is 0. The largest absolute Gasteiger partial charge is 0.388 e. The molecule has 1 nitrogen and oxygen atoms in total. The molecule has 0 aliphatic heterocycles. The summed E-state index contributed by atoms with van der Waals surface area (Å²) in [6.45, 7) is 0. The lowest BCUT2D eigenvalue weighted by atomic mass is 9.97. The molecule has 0 amide bonds. The summed E-state index contributed by atoms with van der Waals surface area (Å²) in [4.78, 5) is 0. The van der Waals surface area contributed by atoms with Crippen molar-refractivity contribution < 1.29 is 5.11 Å². The van der Waals surface area contributed by atoms with Crippen LogP contribution in [0.25, 0.3) is 5.57 Å². The van der Waals surface area contributed by atoms with Gasteiger partial charge < -0.3 is 5.11 Å². The highest BCUT2D eigenvalue weighted by Crippen LogP contribution is 2.33. The Labute approximate surface area is 107 Å². The molecular formula is C17H16O. The highest BCUT2D eigenvalue weighted by molar-refractivity contribution is 5.73. The van der Waals surface area contributed by atoms with Crippen molar-refractivity contribution in [2.75, 3.05) is 0 Å². The van der Waals surface area contributed by atoms with Gasteiger partial charge in [0.2, 0.25) is 0 Å². The molecular weight excluding hydrogens is 220 g/mol. The average molecular weight is 236 g/mol. The molecule has 0 bridgehead atoms. The Morgan fingerprint density at radius 2 is 1.67 bits per heavy atom. The number of rotatable bonds is 3. The van der Waals surface area contributed by atoms with Gasteiger partial charge in [-0.15, -0.1) is 0 Å². The highest BCUT2D eigenvalue weighted by Gasteiger charge is 2.17. The van der Waals surface area contributed by atoms with Crippen LogP contribution in [0.15, 0.2) is 60.7 Å². The van der Waals surface area contributed by atoms with E-state index >= 15 is 0 Å². The van der Waals surface area contributed by atoms with Crippen molar-refractivity contribution in [2.24, 2.45) is 0 Å². The second-order valence-corrected chi connectivity index (χ2v) is 4.72. The third-order valence-electron chi connectivity index (χ3n) is 3.53. The Morgan fingerprint density at radius 1 is 0.944 bits per heavy atom. The maximum Gasteiger partial charge on any atom is 0.0830 e. The Hall–Kier alpha value is -1.86. The zero-order valence-electron chi connectivity index (χ0n) is 10.2. The normalized spacial score (nSPS) is 15.1. The fourth-order valence-corrected chi connectivity index (χ4v) is 2.55. The molecule has 0 saturated carbocycles. The Kier molecular flexibility index (Phi) is 2.99. The molecule has 0 spiro atoms. The van der Waals surface area contributed by atoms with Crippen LogP contribution in [-0.2, 0) is 6.42 Å². The van der Waals surface area contributed by atoms with E-state index in [1.54, 1.807) is 0 Å². The molecule has 1 atom stereocenters. The molecule has 1 aliphatic rings. The number of aliphatic hydroxyl groups is 1. The van der Waals surface area contributed by atoms with Crippen LogP contribution in [0.2, 0.25) is 0 Å². The van der Waals surface area contributed by atoms with Crippen molar-refractivity contribution in [3.05, 3.63) is 77.4 Å². The van der Waals surface area contributed by atoms with Crippen LogP contribution in [0.1, 0.15) is 29.2 Å². The molecule has 2 aromatic carbocycles. The summed E-state index contributed by atoms with van der Waals surface area (Å²) in [6.07, 6.45) is 3.51. The van der Waals surface area contributed by atoms with E-state index in [-0.39, 0.29) is 0 Å². The summed E-state index contributed by atoms with van der Waals surface area (Å²) in [5, 5.41) is 10.3. The zero-order valence-corrected chi connectivity index (χ0v) is 10.2. The Bertz CT molecular complexity index is 569. The van der Waals surface area contributed by atoms with E-state index in [1.165, 1.54) is 16.7 Å². The molecule has 18 heavy (non-hydrogen) atoms. The zero-order chi connectivity index (χ0) is 12.4. The van der Waals surface area contributed by atoms with Gasteiger partial charge in [0.15, 0.2) is 0 Å². The van der Waals surface area contributed by atoms with E-state index in [4.69, 9.17) is 0 Å². The maximum atomic E-state index is 10.3. The molecule has 3 rings (SSSR count). The Morgan fingerprint density at radius 3 is 2.50 bits per heavy atom. The highest BCUT2D eigenvalue weighted by atomic mass is 16.3. The first-order valence-electron chi connectivity index (χ1n) is 6.35. The first-order chi connectivity index (χ1) is 8.84. The monoisotopic (exact) mass is 236 g/mol. The molecule has 2 aromatic rings. The molecule has 0 radical (unpaired) electrons. The van der Waals surface area contributed by atoms with Gasteiger partial charge in [0.25, 0.3) is 0 Å². The van der Waals surface area contributed by atoms with E-state index < -0.39 is 6.10 Å². The van der Waals surface area contributed by atoms with Gasteiger partial charge in [-0.1, -0.05) is 60.7 Å². The van der Waals surface area contributed by atoms with Crippen LogP contribution >= 0.6 is 0 Å². The first kappa shape index (κ1) is 11.2. The van der Waals surface area contributed by atoms with Crippen LogP contribution in [0, 0.1) is 0 Å².